The third kappa shape index (κ3) is 4.30. The number of non-ortho nitro benzene ring substituents is 1. The van der Waals surface area contributed by atoms with Crippen LogP contribution < -0.4 is 5.32 Å². The zero-order valence-electron chi connectivity index (χ0n) is 13.1. The summed E-state index contributed by atoms with van der Waals surface area (Å²) in [6.45, 7) is 11.9. The third-order valence-corrected chi connectivity index (χ3v) is 4.26. The molecule has 0 saturated heterocycles. The molecule has 4 nitrogen and oxygen atoms in total. The molecule has 1 rings (SSSR count). The Morgan fingerprint density at radius 1 is 1.35 bits per heavy atom. The van der Waals surface area contributed by atoms with Gasteiger partial charge in [-0.2, -0.15) is 0 Å². The molecule has 0 heterocycles. The van der Waals surface area contributed by atoms with Crippen LogP contribution in [0.3, 0.4) is 0 Å². The van der Waals surface area contributed by atoms with Crippen molar-refractivity contribution < 1.29 is 4.92 Å². The van der Waals surface area contributed by atoms with Crippen LogP contribution in [0.1, 0.15) is 52.6 Å². The van der Waals surface area contributed by atoms with Gasteiger partial charge in [0.2, 0.25) is 0 Å². The van der Waals surface area contributed by atoms with E-state index in [0.29, 0.717) is 5.92 Å². The Kier molecular flexibility index (Phi) is 5.69. The van der Waals surface area contributed by atoms with Crippen LogP contribution in [0.4, 0.5) is 5.69 Å². The van der Waals surface area contributed by atoms with E-state index in [4.69, 9.17) is 0 Å². The van der Waals surface area contributed by atoms with Crippen LogP contribution in [0, 0.1) is 21.4 Å². The number of hydrogen-bond donors (Lipinski definition) is 1. The molecule has 0 bridgehead atoms. The van der Waals surface area contributed by atoms with Gasteiger partial charge < -0.3 is 5.32 Å². The number of nitrogens with zero attached hydrogens (tertiary/aromatic N) is 1. The average Bonchev–Trinajstić information content (AvgIpc) is 2.39. The van der Waals surface area contributed by atoms with Gasteiger partial charge in [-0.15, -0.1) is 0 Å². The first-order valence-corrected chi connectivity index (χ1v) is 7.25. The topological polar surface area (TPSA) is 55.2 Å². The Morgan fingerprint density at radius 2 is 2.00 bits per heavy atom. The zero-order chi connectivity index (χ0) is 15.3. The highest BCUT2D eigenvalue weighted by atomic mass is 16.6. The quantitative estimate of drug-likeness (QED) is 0.597. The minimum atomic E-state index is -0.339. The molecule has 0 fully saturated rings. The monoisotopic (exact) mass is 278 g/mol. The summed E-state index contributed by atoms with van der Waals surface area (Å²) < 4.78 is 0. The highest BCUT2D eigenvalue weighted by molar-refractivity contribution is 5.35. The van der Waals surface area contributed by atoms with Crippen LogP contribution in [-0.4, -0.2) is 11.5 Å². The number of benzene rings is 1. The smallest absolute Gasteiger partial charge is 0.269 e. The minimum absolute atomic E-state index is 0.158. The Morgan fingerprint density at radius 3 is 2.50 bits per heavy atom. The van der Waals surface area contributed by atoms with Crippen LogP contribution in [-0.2, 0) is 0 Å². The first-order valence-electron chi connectivity index (χ1n) is 7.25. The minimum Gasteiger partial charge on any atom is -0.309 e. The summed E-state index contributed by atoms with van der Waals surface area (Å²) >= 11 is 0. The molecule has 0 aliphatic rings. The molecule has 112 valence electrons. The maximum atomic E-state index is 10.9. The predicted molar refractivity (Wildman–Crippen MR) is 82.8 cm³/mol. The summed E-state index contributed by atoms with van der Waals surface area (Å²) in [4.78, 5) is 10.5. The Balaban J connectivity index is 2.81. The van der Waals surface area contributed by atoms with Crippen LogP contribution in [0.2, 0.25) is 0 Å². The van der Waals surface area contributed by atoms with Crippen molar-refractivity contribution in [1.29, 1.82) is 0 Å². The molecule has 4 heteroatoms. The SMILES string of the molecule is CCC(NCC(C)(C)C(C)C)c1cccc([N+](=O)[O-])c1. The molecule has 20 heavy (non-hydrogen) atoms. The Bertz CT molecular complexity index is 456. The average molecular weight is 278 g/mol. The van der Waals surface area contributed by atoms with Crippen LogP contribution >= 0.6 is 0 Å². The van der Waals surface area contributed by atoms with E-state index in [9.17, 15) is 10.1 Å². The Hall–Kier alpha value is -1.42. The van der Waals surface area contributed by atoms with Gasteiger partial charge in [0.05, 0.1) is 4.92 Å². The van der Waals surface area contributed by atoms with Gasteiger partial charge in [-0.1, -0.05) is 46.8 Å². The van der Waals surface area contributed by atoms with Crippen LogP contribution in [0.5, 0.6) is 0 Å². The molecule has 0 amide bonds. The molecule has 1 aromatic carbocycles. The standard InChI is InChI=1S/C16H26N2O2/c1-6-15(17-11-16(4,5)12(2)3)13-8-7-9-14(10-13)18(19)20/h7-10,12,15,17H,6,11H2,1-5H3. The first-order chi connectivity index (χ1) is 9.27. The number of nitro benzene ring substituents is 1. The molecule has 1 unspecified atom stereocenters. The molecular weight excluding hydrogens is 252 g/mol. The van der Waals surface area contributed by atoms with Crippen molar-refractivity contribution in [2.45, 2.75) is 47.1 Å². The van der Waals surface area contributed by atoms with Gasteiger partial charge in [-0.3, -0.25) is 10.1 Å². The van der Waals surface area contributed by atoms with Crippen LogP contribution in [0.25, 0.3) is 0 Å². The second-order valence-electron chi connectivity index (χ2n) is 6.34. The fourth-order valence-corrected chi connectivity index (χ4v) is 1.94. The summed E-state index contributed by atoms with van der Waals surface area (Å²) in [7, 11) is 0. The molecule has 1 atom stereocenters. The Labute approximate surface area is 121 Å². The lowest BCUT2D eigenvalue weighted by atomic mass is 9.81. The molecule has 1 N–H and O–H groups in total. The lowest BCUT2D eigenvalue weighted by Crippen LogP contribution is -2.35. The van der Waals surface area contributed by atoms with Gasteiger partial charge in [0.25, 0.3) is 5.69 Å². The van der Waals surface area contributed by atoms with Gasteiger partial charge in [0.1, 0.15) is 0 Å². The predicted octanol–water partition coefficient (Wildman–Crippen LogP) is 4.32. The number of hydrogen-bond acceptors (Lipinski definition) is 3. The van der Waals surface area contributed by atoms with Crippen molar-refractivity contribution in [3.05, 3.63) is 39.9 Å². The fourth-order valence-electron chi connectivity index (χ4n) is 1.94. The lowest BCUT2D eigenvalue weighted by molar-refractivity contribution is -0.384. The number of rotatable bonds is 7. The van der Waals surface area contributed by atoms with Gasteiger partial charge in [-0.05, 0) is 23.3 Å². The molecule has 0 radical (unpaired) electrons. The molecule has 0 aliphatic carbocycles. The summed E-state index contributed by atoms with van der Waals surface area (Å²) in [5.74, 6) is 0.581. The van der Waals surface area contributed by atoms with E-state index in [1.54, 1.807) is 12.1 Å². The van der Waals surface area contributed by atoms with E-state index in [1.807, 2.05) is 6.07 Å². The third-order valence-electron chi connectivity index (χ3n) is 4.26. The molecule has 1 aromatic rings. The van der Waals surface area contributed by atoms with E-state index in [2.05, 4.69) is 39.9 Å². The van der Waals surface area contributed by atoms with Crippen molar-refractivity contribution >= 4 is 5.69 Å². The summed E-state index contributed by atoms with van der Waals surface area (Å²) in [6, 6.07) is 7.08. The highest BCUT2D eigenvalue weighted by Gasteiger charge is 2.23. The van der Waals surface area contributed by atoms with Crippen molar-refractivity contribution in [2.24, 2.45) is 11.3 Å². The lowest BCUT2D eigenvalue weighted by Gasteiger charge is -2.32. The number of nitrogens with one attached hydrogen (secondary N) is 1. The first kappa shape index (κ1) is 16.6. The van der Waals surface area contributed by atoms with Crippen molar-refractivity contribution in [2.75, 3.05) is 6.54 Å². The maximum Gasteiger partial charge on any atom is 0.269 e. The highest BCUT2D eigenvalue weighted by Crippen LogP contribution is 2.27. The maximum absolute atomic E-state index is 10.9. The van der Waals surface area contributed by atoms with Gasteiger partial charge in [0, 0.05) is 24.7 Å². The zero-order valence-corrected chi connectivity index (χ0v) is 13.1. The number of nitro groups is 1. The second-order valence-corrected chi connectivity index (χ2v) is 6.34. The van der Waals surface area contributed by atoms with E-state index in [0.717, 1.165) is 18.5 Å². The van der Waals surface area contributed by atoms with Gasteiger partial charge in [-0.25, -0.2) is 0 Å². The molecule has 0 aromatic heterocycles. The molecule has 0 saturated carbocycles. The second kappa shape index (κ2) is 6.84. The van der Waals surface area contributed by atoms with Crippen LogP contribution in [0.15, 0.2) is 24.3 Å². The van der Waals surface area contributed by atoms with E-state index in [-0.39, 0.29) is 22.1 Å². The summed E-state index contributed by atoms with van der Waals surface area (Å²) in [5.41, 5.74) is 1.35. The molecular formula is C16H26N2O2. The fraction of sp³-hybridized carbons (Fsp3) is 0.625. The van der Waals surface area contributed by atoms with Crippen molar-refractivity contribution in [3.63, 3.8) is 0 Å². The molecule has 0 spiro atoms. The van der Waals surface area contributed by atoms with E-state index >= 15 is 0 Å². The van der Waals surface area contributed by atoms with E-state index in [1.165, 1.54) is 6.07 Å². The summed E-state index contributed by atoms with van der Waals surface area (Å²) in [6.07, 6.45) is 0.912. The van der Waals surface area contributed by atoms with Crippen molar-refractivity contribution in [1.82, 2.24) is 5.32 Å². The van der Waals surface area contributed by atoms with Gasteiger partial charge >= 0.3 is 0 Å². The van der Waals surface area contributed by atoms with Crippen molar-refractivity contribution in [3.8, 4) is 0 Å². The largest absolute Gasteiger partial charge is 0.309 e. The summed E-state index contributed by atoms with van der Waals surface area (Å²) in [5, 5.41) is 14.4. The molecule has 0 aliphatic heterocycles. The van der Waals surface area contributed by atoms with E-state index < -0.39 is 0 Å². The normalized spacial score (nSPS) is 13.5. The van der Waals surface area contributed by atoms with Gasteiger partial charge in [0.15, 0.2) is 0 Å².